The van der Waals surface area contributed by atoms with Crippen LogP contribution in [0.15, 0.2) is 36.1 Å². The van der Waals surface area contributed by atoms with E-state index >= 15 is 0 Å². The number of pyridine rings is 1. The highest BCUT2D eigenvalue weighted by atomic mass is 32.2. The van der Waals surface area contributed by atoms with Crippen LogP contribution in [0.1, 0.15) is 49.8 Å². The van der Waals surface area contributed by atoms with Crippen LogP contribution in [-0.4, -0.2) is 51.7 Å². The summed E-state index contributed by atoms with van der Waals surface area (Å²) in [5.41, 5.74) is -0.367. The highest BCUT2D eigenvalue weighted by Gasteiger charge is 2.25. The van der Waals surface area contributed by atoms with Crippen molar-refractivity contribution in [1.29, 1.82) is 0 Å². The number of hydrogen-bond donors (Lipinski definition) is 3. The van der Waals surface area contributed by atoms with E-state index < -0.39 is 41.7 Å². The van der Waals surface area contributed by atoms with Gasteiger partial charge in [0, 0.05) is 18.7 Å². The number of fused-ring (bicyclic) bond motifs is 2. The molecule has 2 bridgehead atoms. The number of thioether (sulfide) groups is 1. The Morgan fingerprint density at radius 3 is 2.69 bits per heavy atom. The molecule has 0 spiro atoms. The molecule has 2 heterocycles. The van der Waals surface area contributed by atoms with Crippen molar-refractivity contribution in [3.8, 4) is 0 Å². The molecule has 0 unspecified atom stereocenters. The molecule has 1 aliphatic heterocycles. The van der Waals surface area contributed by atoms with Crippen LogP contribution in [0.4, 0.5) is 4.39 Å². The lowest BCUT2D eigenvalue weighted by Gasteiger charge is -2.19. The average molecular weight is 507 g/mol. The molecule has 0 radical (unpaired) electrons. The number of hydrogen-bond acceptors (Lipinski definition) is 8. The summed E-state index contributed by atoms with van der Waals surface area (Å²) in [6.45, 7) is 4.17. The van der Waals surface area contributed by atoms with E-state index in [0.29, 0.717) is 12.2 Å². The number of carbonyl (C=O) groups is 5. The second-order valence-electron chi connectivity index (χ2n) is 7.53. The zero-order valence-corrected chi connectivity index (χ0v) is 20.4. The van der Waals surface area contributed by atoms with E-state index in [-0.39, 0.29) is 35.2 Å². The molecule has 3 amide bonds. The quantitative estimate of drug-likeness (QED) is 0.241. The SMILES string of the molecule is C/C=C1\NC(=O)c2cc(F)cc(n2)CNC(=O)C[C@@H](/C=C/CCSC(C)=O)OC(=O)[C@@H](C)NC1=O. The first-order chi connectivity index (χ1) is 16.6. The summed E-state index contributed by atoms with van der Waals surface area (Å²) < 4.78 is 19.5. The summed E-state index contributed by atoms with van der Waals surface area (Å²) in [7, 11) is 0. The van der Waals surface area contributed by atoms with Crippen molar-refractivity contribution in [2.45, 2.75) is 52.3 Å². The number of rotatable bonds is 4. The number of carbonyl (C=O) groups excluding carboxylic acids is 5. The van der Waals surface area contributed by atoms with Gasteiger partial charge >= 0.3 is 5.97 Å². The van der Waals surface area contributed by atoms with Crippen LogP contribution < -0.4 is 16.0 Å². The fraction of sp³-hybridized carbons (Fsp3) is 0.391. The number of allylic oxidation sites excluding steroid dienone is 2. The molecule has 2 rings (SSSR count). The van der Waals surface area contributed by atoms with E-state index in [4.69, 9.17) is 4.74 Å². The van der Waals surface area contributed by atoms with Gasteiger partial charge in [0.2, 0.25) is 5.91 Å². The van der Waals surface area contributed by atoms with Crippen molar-refractivity contribution >= 4 is 40.6 Å². The van der Waals surface area contributed by atoms with Gasteiger partial charge in [0.1, 0.15) is 29.4 Å². The first kappa shape index (κ1) is 27.7. The van der Waals surface area contributed by atoms with Crippen molar-refractivity contribution in [2.24, 2.45) is 0 Å². The molecule has 188 valence electrons. The number of esters is 1. The van der Waals surface area contributed by atoms with E-state index in [0.717, 1.165) is 23.9 Å². The number of nitrogens with zero attached hydrogens (tertiary/aromatic N) is 1. The maximum absolute atomic E-state index is 14.1. The molecule has 10 nitrogen and oxygen atoms in total. The number of halogens is 1. The minimum atomic E-state index is -1.10. The van der Waals surface area contributed by atoms with Gasteiger partial charge in [0.25, 0.3) is 11.8 Å². The topological polar surface area (TPSA) is 144 Å². The van der Waals surface area contributed by atoms with E-state index in [2.05, 4.69) is 20.9 Å². The lowest BCUT2D eigenvalue weighted by Crippen LogP contribution is -2.44. The number of ether oxygens (including phenoxy) is 1. The molecule has 0 aromatic carbocycles. The van der Waals surface area contributed by atoms with Gasteiger partial charge in [-0.3, -0.25) is 19.2 Å². The number of amides is 3. The van der Waals surface area contributed by atoms with Crippen molar-refractivity contribution in [2.75, 3.05) is 5.75 Å². The molecule has 0 fully saturated rings. The molecule has 1 aromatic heterocycles. The lowest BCUT2D eigenvalue weighted by molar-refractivity contribution is -0.151. The number of aromatic nitrogens is 1. The number of cyclic esters (lactones) is 1. The van der Waals surface area contributed by atoms with E-state index in [9.17, 15) is 28.4 Å². The predicted molar refractivity (Wildman–Crippen MR) is 126 cm³/mol. The van der Waals surface area contributed by atoms with Crippen LogP contribution in [0.3, 0.4) is 0 Å². The smallest absolute Gasteiger partial charge is 0.328 e. The Labute approximate surface area is 206 Å². The van der Waals surface area contributed by atoms with Gasteiger partial charge in [-0.05, 0) is 32.4 Å². The molecule has 12 heteroatoms. The fourth-order valence-electron chi connectivity index (χ4n) is 2.90. The molecule has 1 aliphatic rings. The Balaban J connectivity index is 2.29. The highest BCUT2D eigenvalue weighted by molar-refractivity contribution is 8.13. The third-order valence-electron chi connectivity index (χ3n) is 4.62. The van der Waals surface area contributed by atoms with Gasteiger partial charge in [0.05, 0.1) is 18.7 Å². The van der Waals surface area contributed by atoms with Crippen molar-refractivity contribution in [3.63, 3.8) is 0 Å². The largest absolute Gasteiger partial charge is 0.456 e. The Bertz CT molecular complexity index is 1060. The van der Waals surface area contributed by atoms with E-state index in [1.165, 1.54) is 32.9 Å². The molecule has 0 saturated carbocycles. The predicted octanol–water partition coefficient (Wildman–Crippen LogP) is 1.52. The maximum Gasteiger partial charge on any atom is 0.328 e. The minimum Gasteiger partial charge on any atom is -0.456 e. The van der Waals surface area contributed by atoms with Crippen molar-refractivity contribution in [3.05, 3.63) is 53.3 Å². The summed E-state index contributed by atoms with van der Waals surface area (Å²) in [6, 6.07) is 0.864. The molecule has 1 aromatic rings. The van der Waals surface area contributed by atoms with E-state index in [1.807, 2.05) is 0 Å². The first-order valence-corrected chi connectivity index (χ1v) is 11.8. The van der Waals surface area contributed by atoms with Gasteiger partial charge in [0.15, 0.2) is 5.12 Å². The Morgan fingerprint density at radius 2 is 2.00 bits per heavy atom. The van der Waals surface area contributed by atoms with Crippen molar-refractivity contribution in [1.82, 2.24) is 20.9 Å². The first-order valence-electron chi connectivity index (χ1n) is 10.8. The molecule has 3 N–H and O–H groups in total. The Morgan fingerprint density at radius 1 is 1.26 bits per heavy atom. The normalized spacial score (nSPS) is 21.3. The van der Waals surface area contributed by atoms with Crippen LogP contribution in [0.5, 0.6) is 0 Å². The van der Waals surface area contributed by atoms with Crippen LogP contribution in [0, 0.1) is 5.82 Å². The summed E-state index contributed by atoms with van der Waals surface area (Å²) in [5.74, 6) is -3.12. The maximum atomic E-state index is 14.1. The molecular formula is C23H27FN4O6S. The Kier molecular flexibility index (Phi) is 10.6. The third-order valence-corrected chi connectivity index (χ3v) is 5.47. The zero-order chi connectivity index (χ0) is 26.0. The fourth-order valence-corrected chi connectivity index (χ4v) is 3.44. The van der Waals surface area contributed by atoms with Crippen LogP contribution in [0.2, 0.25) is 0 Å². The zero-order valence-electron chi connectivity index (χ0n) is 19.6. The molecule has 0 aliphatic carbocycles. The third kappa shape index (κ3) is 9.32. The van der Waals surface area contributed by atoms with Gasteiger partial charge in [-0.2, -0.15) is 0 Å². The molecule has 0 saturated heterocycles. The summed E-state index contributed by atoms with van der Waals surface area (Å²) >= 11 is 1.14. The highest BCUT2D eigenvalue weighted by Crippen LogP contribution is 2.10. The number of nitrogens with one attached hydrogen (secondary N) is 3. The van der Waals surface area contributed by atoms with Crippen LogP contribution in [-0.2, 0) is 30.5 Å². The van der Waals surface area contributed by atoms with E-state index in [1.54, 1.807) is 6.08 Å². The van der Waals surface area contributed by atoms with Gasteiger partial charge in [-0.15, -0.1) is 0 Å². The van der Waals surface area contributed by atoms with Gasteiger partial charge in [-0.25, -0.2) is 14.2 Å². The second kappa shape index (κ2) is 13.4. The lowest BCUT2D eigenvalue weighted by atomic mass is 10.2. The monoisotopic (exact) mass is 506 g/mol. The van der Waals surface area contributed by atoms with Gasteiger partial charge in [-0.1, -0.05) is 23.9 Å². The molecule has 2 atom stereocenters. The molecular weight excluding hydrogens is 479 g/mol. The second-order valence-corrected chi connectivity index (χ2v) is 8.80. The molecule has 35 heavy (non-hydrogen) atoms. The summed E-state index contributed by atoms with van der Waals surface area (Å²) in [5, 5.41) is 7.29. The summed E-state index contributed by atoms with van der Waals surface area (Å²) in [4.78, 5) is 65.2. The Hall–Kier alpha value is -3.54. The van der Waals surface area contributed by atoms with Gasteiger partial charge < -0.3 is 20.7 Å². The van der Waals surface area contributed by atoms with Crippen LogP contribution >= 0.6 is 11.8 Å². The standard InChI is InChI=1S/C23H27FN4O6S/c1-4-18-21(31)26-13(2)23(33)34-17(7-5-6-8-35-14(3)29)11-20(30)25-12-16-9-15(24)10-19(27-16)22(32)28-18/h4-5,7,9-10,13,17H,6,8,11-12H2,1-3H3,(H,25,30)(H,26,31)(H,28,32)/b7-5+,18-4-/t13-,17-/m1/s1. The average Bonchev–Trinajstić information content (AvgIpc) is 2.79. The summed E-state index contributed by atoms with van der Waals surface area (Å²) in [6.07, 6.45) is 3.86. The van der Waals surface area contributed by atoms with Crippen LogP contribution in [0.25, 0.3) is 0 Å². The minimum absolute atomic E-state index is 0.0238. The van der Waals surface area contributed by atoms with Crippen molar-refractivity contribution < 1.29 is 33.1 Å².